The molecular weight excluding hydrogens is 238 g/mol. The Morgan fingerprint density at radius 2 is 2.11 bits per heavy atom. The molecule has 2 atom stereocenters. The van der Waals surface area contributed by atoms with Crippen LogP contribution in [0.1, 0.15) is 26.7 Å². The number of likely N-dealkylation sites (tertiary alicyclic amines) is 1. The molecule has 114 valence electrons. The summed E-state index contributed by atoms with van der Waals surface area (Å²) < 4.78 is 5.41. The van der Waals surface area contributed by atoms with E-state index in [0.29, 0.717) is 18.0 Å². The summed E-state index contributed by atoms with van der Waals surface area (Å²) in [5.41, 5.74) is 0. The molecule has 1 aliphatic heterocycles. The van der Waals surface area contributed by atoms with Crippen LogP contribution in [-0.2, 0) is 4.74 Å². The van der Waals surface area contributed by atoms with Gasteiger partial charge in [-0.05, 0) is 45.9 Å². The van der Waals surface area contributed by atoms with E-state index in [1.54, 1.807) is 7.11 Å². The summed E-state index contributed by atoms with van der Waals surface area (Å²) in [6, 6.07) is 1.14. The van der Waals surface area contributed by atoms with Crippen LogP contribution < -0.4 is 5.32 Å². The molecule has 4 nitrogen and oxygen atoms in total. The second-order valence-corrected chi connectivity index (χ2v) is 6.39. The lowest BCUT2D eigenvalue weighted by Gasteiger charge is -2.40. The molecule has 2 unspecified atom stereocenters. The highest BCUT2D eigenvalue weighted by molar-refractivity contribution is 4.83. The number of nitrogens with one attached hydrogen (secondary N) is 1. The summed E-state index contributed by atoms with van der Waals surface area (Å²) in [7, 11) is 6.28. The molecule has 19 heavy (non-hydrogen) atoms. The van der Waals surface area contributed by atoms with Gasteiger partial charge < -0.3 is 15.0 Å². The van der Waals surface area contributed by atoms with Crippen molar-refractivity contribution in [3.05, 3.63) is 0 Å². The van der Waals surface area contributed by atoms with Crippen molar-refractivity contribution in [3.8, 4) is 0 Å². The van der Waals surface area contributed by atoms with E-state index < -0.39 is 0 Å². The number of piperidine rings is 1. The van der Waals surface area contributed by atoms with Crippen LogP contribution in [-0.4, -0.2) is 75.9 Å². The molecule has 1 aliphatic rings. The zero-order chi connectivity index (χ0) is 14.3. The fourth-order valence-electron chi connectivity index (χ4n) is 2.82. The Morgan fingerprint density at radius 3 is 2.68 bits per heavy atom. The maximum Gasteiger partial charge on any atom is 0.0630 e. The van der Waals surface area contributed by atoms with E-state index in [1.165, 1.54) is 25.9 Å². The zero-order valence-electron chi connectivity index (χ0n) is 13.5. The molecule has 0 aromatic carbocycles. The minimum atomic E-state index is 0.472. The Balaban J connectivity index is 2.43. The van der Waals surface area contributed by atoms with Gasteiger partial charge in [0.05, 0.1) is 6.61 Å². The summed E-state index contributed by atoms with van der Waals surface area (Å²) in [6.45, 7) is 9.82. The summed E-state index contributed by atoms with van der Waals surface area (Å²) >= 11 is 0. The Morgan fingerprint density at radius 1 is 1.37 bits per heavy atom. The third-order valence-electron chi connectivity index (χ3n) is 4.04. The zero-order valence-corrected chi connectivity index (χ0v) is 13.5. The smallest absolute Gasteiger partial charge is 0.0630 e. The molecule has 1 heterocycles. The molecule has 0 bridgehead atoms. The van der Waals surface area contributed by atoms with Gasteiger partial charge in [0.25, 0.3) is 0 Å². The lowest BCUT2D eigenvalue weighted by molar-refractivity contribution is 0.0509. The Hall–Kier alpha value is -0.160. The first-order valence-electron chi connectivity index (χ1n) is 7.64. The first kappa shape index (κ1) is 16.9. The number of likely N-dealkylation sites (N-methyl/N-ethyl adjacent to an activating group) is 2. The number of nitrogens with zero attached hydrogens (tertiary/aromatic N) is 2. The van der Waals surface area contributed by atoms with Crippen LogP contribution in [0.5, 0.6) is 0 Å². The number of hydrogen-bond acceptors (Lipinski definition) is 4. The SMILES string of the molecule is COCC(CNCC(C)C)N(C)C1CCCN(C)C1. The summed E-state index contributed by atoms with van der Waals surface area (Å²) in [5, 5.41) is 3.57. The van der Waals surface area contributed by atoms with Gasteiger partial charge in [-0.15, -0.1) is 0 Å². The lowest BCUT2D eigenvalue weighted by atomic mass is 10.0. The topological polar surface area (TPSA) is 27.7 Å². The monoisotopic (exact) mass is 271 g/mol. The fraction of sp³-hybridized carbons (Fsp3) is 1.00. The van der Waals surface area contributed by atoms with Gasteiger partial charge in [-0.3, -0.25) is 4.90 Å². The van der Waals surface area contributed by atoms with Crippen molar-refractivity contribution in [1.29, 1.82) is 0 Å². The second kappa shape index (κ2) is 8.90. The predicted octanol–water partition coefficient (Wildman–Crippen LogP) is 1.27. The van der Waals surface area contributed by atoms with Crippen molar-refractivity contribution in [1.82, 2.24) is 15.1 Å². The van der Waals surface area contributed by atoms with Gasteiger partial charge in [0, 0.05) is 32.3 Å². The minimum absolute atomic E-state index is 0.472. The average molecular weight is 271 g/mol. The molecule has 0 radical (unpaired) electrons. The normalized spacial score (nSPS) is 23.2. The summed E-state index contributed by atoms with van der Waals surface area (Å²) in [5.74, 6) is 0.703. The van der Waals surface area contributed by atoms with Gasteiger partial charge >= 0.3 is 0 Å². The van der Waals surface area contributed by atoms with Crippen LogP contribution in [0.3, 0.4) is 0 Å². The predicted molar refractivity (Wildman–Crippen MR) is 81.7 cm³/mol. The van der Waals surface area contributed by atoms with Crippen LogP contribution in [0.2, 0.25) is 0 Å². The van der Waals surface area contributed by atoms with Crippen molar-refractivity contribution in [2.45, 2.75) is 38.8 Å². The number of rotatable bonds is 8. The summed E-state index contributed by atoms with van der Waals surface area (Å²) in [6.07, 6.45) is 2.62. The highest BCUT2D eigenvalue weighted by Gasteiger charge is 2.26. The molecule has 0 saturated carbocycles. The van der Waals surface area contributed by atoms with E-state index in [-0.39, 0.29) is 0 Å². The molecule has 0 spiro atoms. The van der Waals surface area contributed by atoms with E-state index in [0.717, 1.165) is 19.7 Å². The van der Waals surface area contributed by atoms with Crippen molar-refractivity contribution in [2.75, 3.05) is 54.0 Å². The number of hydrogen-bond donors (Lipinski definition) is 1. The molecule has 1 fully saturated rings. The van der Waals surface area contributed by atoms with E-state index >= 15 is 0 Å². The van der Waals surface area contributed by atoms with E-state index in [2.05, 4.69) is 43.1 Å². The van der Waals surface area contributed by atoms with Crippen LogP contribution >= 0.6 is 0 Å². The molecule has 1 saturated heterocycles. The maximum atomic E-state index is 5.41. The highest BCUT2D eigenvalue weighted by atomic mass is 16.5. The number of methoxy groups -OCH3 is 1. The van der Waals surface area contributed by atoms with Gasteiger partial charge in [0.15, 0.2) is 0 Å². The largest absolute Gasteiger partial charge is 0.383 e. The van der Waals surface area contributed by atoms with Gasteiger partial charge in [-0.1, -0.05) is 13.8 Å². The van der Waals surface area contributed by atoms with Crippen LogP contribution in [0, 0.1) is 5.92 Å². The van der Waals surface area contributed by atoms with Gasteiger partial charge in [0.1, 0.15) is 0 Å². The van der Waals surface area contributed by atoms with Crippen molar-refractivity contribution in [3.63, 3.8) is 0 Å². The Labute approximate surface area is 119 Å². The molecule has 4 heteroatoms. The third kappa shape index (κ3) is 6.21. The Kier molecular flexibility index (Phi) is 7.91. The third-order valence-corrected chi connectivity index (χ3v) is 4.04. The molecule has 0 aromatic heterocycles. The average Bonchev–Trinajstić information content (AvgIpc) is 2.36. The van der Waals surface area contributed by atoms with Crippen molar-refractivity contribution >= 4 is 0 Å². The van der Waals surface area contributed by atoms with E-state index in [4.69, 9.17) is 4.74 Å². The van der Waals surface area contributed by atoms with Crippen LogP contribution in [0.25, 0.3) is 0 Å². The molecule has 0 aromatic rings. The highest BCUT2D eigenvalue weighted by Crippen LogP contribution is 2.15. The van der Waals surface area contributed by atoms with E-state index in [9.17, 15) is 0 Å². The van der Waals surface area contributed by atoms with Crippen molar-refractivity contribution in [2.24, 2.45) is 5.92 Å². The molecule has 1 rings (SSSR count). The van der Waals surface area contributed by atoms with Gasteiger partial charge in [-0.2, -0.15) is 0 Å². The van der Waals surface area contributed by atoms with Gasteiger partial charge in [-0.25, -0.2) is 0 Å². The lowest BCUT2D eigenvalue weighted by Crippen LogP contribution is -2.53. The molecular formula is C15H33N3O. The van der Waals surface area contributed by atoms with E-state index in [1.807, 2.05) is 0 Å². The fourth-order valence-corrected chi connectivity index (χ4v) is 2.82. The quantitative estimate of drug-likeness (QED) is 0.719. The van der Waals surface area contributed by atoms with Crippen LogP contribution in [0.4, 0.5) is 0 Å². The summed E-state index contributed by atoms with van der Waals surface area (Å²) in [4.78, 5) is 4.96. The number of ether oxygens (including phenoxy) is 1. The molecule has 1 N–H and O–H groups in total. The maximum absolute atomic E-state index is 5.41. The van der Waals surface area contributed by atoms with Gasteiger partial charge in [0.2, 0.25) is 0 Å². The van der Waals surface area contributed by atoms with Crippen molar-refractivity contribution < 1.29 is 4.74 Å². The molecule has 0 amide bonds. The minimum Gasteiger partial charge on any atom is -0.383 e. The standard InChI is InChI=1S/C15H33N3O/c1-13(2)9-16-10-15(12-19-5)18(4)14-7-6-8-17(3)11-14/h13-16H,6-12H2,1-5H3. The second-order valence-electron chi connectivity index (χ2n) is 6.39. The van der Waals surface area contributed by atoms with Crippen LogP contribution in [0.15, 0.2) is 0 Å². The first-order valence-corrected chi connectivity index (χ1v) is 7.64. The first-order chi connectivity index (χ1) is 9.04. The Bertz CT molecular complexity index is 235. The molecule has 0 aliphatic carbocycles.